The van der Waals surface area contributed by atoms with E-state index < -0.39 is 6.10 Å². The highest BCUT2D eigenvalue weighted by Crippen LogP contribution is 2.29. The van der Waals surface area contributed by atoms with E-state index in [-0.39, 0.29) is 19.0 Å². The van der Waals surface area contributed by atoms with E-state index in [1.807, 2.05) is 0 Å². The van der Waals surface area contributed by atoms with Gasteiger partial charge >= 0.3 is 0 Å². The van der Waals surface area contributed by atoms with Crippen LogP contribution in [0.5, 0.6) is 0 Å². The molecule has 20 heavy (non-hydrogen) atoms. The van der Waals surface area contributed by atoms with Crippen LogP contribution >= 0.6 is 23.2 Å². The Hall–Kier alpha value is -1.56. The molecule has 1 aromatic carbocycles. The Kier molecular flexibility index (Phi) is 5.00. The van der Waals surface area contributed by atoms with Crippen molar-refractivity contribution in [3.8, 4) is 0 Å². The number of hydrogen-bond acceptors (Lipinski definition) is 3. The number of rotatable bonds is 5. The lowest BCUT2D eigenvalue weighted by atomic mass is 10.1. The zero-order valence-electron chi connectivity index (χ0n) is 10.5. The second-order valence-electron chi connectivity index (χ2n) is 4.19. The van der Waals surface area contributed by atoms with Crippen LogP contribution in [0.15, 0.2) is 36.9 Å². The number of aliphatic hydroxyl groups excluding tert-OH is 1. The standard InChI is InChI=1S/C13H13Cl2N3O2/c14-9-2-1-3-10(15)13(9)11(19)6-17-12(20)7-18-5-4-16-8-18/h1-5,8,11,19H,6-7H2,(H,17,20). The minimum Gasteiger partial charge on any atom is -0.386 e. The first-order valence-corrected chi connectivity index (χ1v) is 6.68. The molecule has 0 aliphatic heterocycles. The molecule has 0 fully saturated rings. The molecule has 1 unspecified atom stereocenters. The Morgan fingerprint density at radius 1 is 1.40 bits per heavy atom. The van der Waals surface area contributed by atoms with Crippen molar-refractivity contribution < 1.29 is 9.90 Å². The van der Waals surface area contributed by atoms with Gasteiger partial charge in [-0.05, 0) is 12.1 Å². The molecule has 0 saturated carbocycles. The number of imidazole rings is 1. The van der Waals surface area contributed by atoms with Crippen molar-refractivity contribution in [3.63, 3.8) is 0 Å². The SMILES string of the molecule is O=C(Cn1ccnc1)NCC(O)c1c(Cl)cccc1Cl. The maximum atomic E-state index is 11.7. The van der Waals surface area contributed by atoms with Crippen LogP contribution in [-0.2, 0) is 11.3 Å². The fraction of sp³-hybridized carbons (Fsp3) is 0.231. The number of carbonyl (C=O) groups is 1. The van der Waals surface area contributed by atoms with Crippen molar-refractivity contribution in [1.82, 2.24) is 14.9 Å². The summed E-state index contributed by atoms with van der Waals surface area (Å²) in [6, 6.07) is 4.97. The maximum Gasteiger partial charge on any atom is 0.240 e. The molecule has 1 amide bonds. The van der Waals surface area contributed by atoms with Crippen molar-refractivity contribution in [3.05, 3.63) is 52.5 Å². The number of carbonyl (C=O) groups excluding carboxylic acids is 1. The fourth-order valence-electron chi connectivity index (χ4n) is 1.74. The van der Waals surface area contributed by atoms with Crippen LogP contribution in [0, 0.1) is 0 Å². The highest BCUT2D eigenvalue weighted by Gasteiger charge is 2.16. The molecule has 0 aliphatic carbocycles. The van der Waals surface area contributed by atoms with Gasteiger partial charge in [-0.15, -0.1) is 0 Å². The van der Waals surface area contributed by atoms with E-state index in [1.54, 1.807) is 41.5 Å². The van der Waals surface area contributed by atoms with Gasteiger partial charge in [0.25, 0.3) is 0 Å². The third-order valence-electron chi connectivity index (χ3n) is 2.71. The van der Waals surface area contributed by atoms with E-state index in [2.05, 4.69) is 10.3 Å². The van der Waals surface area contributed by atoms with E-state index in [0.29, 0.717) is 15.6 Å². The van der Waals surface area contributed by atoms with Gasteiger partial charge in [0.15, 0.2) is 0 Å². The summed E-state index contributed by atoms with van der Waals surface area (Å²) in [5.41, 5.74) is 0.416. The van der Waals surface area contributed by atoms with E-state index in [0.717, 1.165) is 0 Å². The predicted molar refractivity (Wildman–Crippen MR) is 76.7 cm³/mol. The summed E-state index contributed by atoms with van der Waals surface area (Å²) in [6.07, 6.45) is 3.86. The summed E-state index contributed by atoms with van der Waals surface area (Å²) < 4.78 is 1.63. The predicted octanol–water partition coefficient (Wildman–Crippen LogP) is 2.04. The van der Waals surface area contributed by atoms with E-state index in [1.165, 1.54) is 0 Å². The fourth-order valence-corrected chi connectivity index (χ4v) is 2.39. The first-order chi connectivity index (χ1) is 9.58. The van der Waals surface area contributed by atoms with Crippen molar-refractivity contribution in [2.75, 3.05) is 6.54 Å². The summed E-state index contributed by atoms with van der Waals surface area (Å²) in [4.78, 5) is 15.5. The molecule has 0 aliphatic rings. The minimum atomic E-state index is -0.956. The maximum absolute atomic E-state index is 11.7. The zero-order valence-corrected chi connectivity index (χ0v) is 12.0. The van der Waals surface area contributed by atoms with Crippen LogP contribution in [0.3, 0.4) is 0 Å². The number of nitrogens with one attached hydrogen (secondary N) is 1. The Morgan fingerprint density at radius 3 is 2.70 bits per heavy atom. The van der Waals surface area contributed by atoms with Gasteiger partial charge in [-0.2, -0.15) is 0 Å². The molecule has 7 heteroatoms. The van der Waals surface area contributed by atoms with E-state index in [4.69, 9.17) is 23.2 Å². The molecule has 5 nitrogen and oxygen atoms in total. The first kappa shape index (κ1) is 14.8. The third kappa shape index (κ3) is 3.72. The third-order valence-corrected chi connectivity index (χ3v) is 3.37. The number of hydrogen-bond donors (Lipinski definition) is 2. The summed E-state index contributed by atoms with van der Waals surface area (Å²) in [5.74, 6) is -0.231. The van der Waals surface area contributed by atoms with Crippen LogP contribution in [-0.4, -0.2) is 27.1 Å². The number of halogens is 2. The number of amides is 1. The van der Waals surface area contributed by atoms with E-state index >= 15 is 0 Å². The summed E-state index contributed by atoms with van der Waals surface area (Å²) in [5, 5.41) is 13.4. The molecule has 106 valence electrons. The van der Waals surface area contributed by atoms with Gasteiger partial charge in [0.05, 0.1) is 12.4 Å². The van der Waals surface area contributed by atoms with Gasteiger partial charge in [-0.3, -0.25) is 4.79 Å². The molecule has 1 aromatic heterocycles. The van der Waals surface area contributed by atoms with Gasteiger partial charge in [0, 0.05) is 34.5 Å². The summed E-state index contributed by atoms with van der Waals surface area (Å²) in [6.45, 7) is 0.181. The van der Waals surface area contributed by atoms with Crippen LogP contribution in [0.2, 0.25) is 10.0 Å². The first-order valence-electron chi connectivity index (χ1n) is 5.92. The Labute approximate surface area is 126 Å². The van der Waals surface area contributed by atoms with Gasteiger partial charge in [-0.1, -0.05) is 29.3 Å². The van der Waals surface area contributed by atoms with Crippen LogP contribution in [0.25, 0.3) is 0 Å². The van der Waals surface area contributed by atoms with Gasteiger partial charge in [-0.25, -0.2) is 4.98 Å². The van der Waals surface area contributed by atoms with Crippen molar-refractivity contribution in [1.29, 1.82) is 0 Å². The quantitative estimate of drug-likeness (QED) is 0.887. The molecular formula is C13H13Cl2N3O2. The normalized spacial score (nSPS) is 12.2. The van der Waals surface area contributed by atoms with Crippen LogP contribution in [0.1, 0.15) is 11.7 Å². The summed E-state index contributed by atoms with van der Waals surface area (Å²) in [7, 11) is 0. The minimum absolute atomic E-state index is 0.0387. The molecule has 0 spiro atoms. The lowest BCUT2D eigenvalue weighted by Crippen LogP contribution is -2.31. The van der Waals surface area contributed by atoms with E-state index in [9.17, 15) is 9.90 Å². The summed E-state index contributed by atoms with van der Waals surface area (Å²) >= 11 is 12.0. The van der Waals surface area contributed by atoms with Crippen LogP contribution < -0.4 is 5.32 Å². The average Bonchev–Trinajstić information content (AvgIpc) is 2.89. The molecule has 0 radical (unpaired) electrons. The molecule has 1 heterocycles. The highest BCUT2D eigenvalue weighted by atomic mass is 35.5. The molecular weight excluding hydrogens is 301 g/mol. The lowest BCUT2D eigenvalue weighted by molar-refractivity contribution is -0.122. The van der Waals surface area contributed by atoms with Gasteiger partial charge in [0.2, 0.25) is 5.91 Å². The number of benzene rings is 1. The topological polar surface area (TPSA) is 67.2 Å². The molecule has 2 N–H and O–H groups in total. The second kappa shape index (κ2) is 6.74. The van der Waals surface area contributed by atoms with Gasteiger partial charge < -0.3 is 15.0 Å². The second-order valence-corrected chi connectivity index (χ2v) is 5.00. The lowest BCUT2D eigenvalue weighted by Gasteiger charge is -2.15. The molecule has 2 rings (SSSR count). The highest BCUT2D eigenvalue weighted by molar-refractivity contribution is 6.36. The average molecular weight is 314 g/mol. The molecule has 1 atom stereocenters. The Morgan fingerprint density at radius 2 is 2.10 bits per heavy atom. The van der Waals surface area contributed by atoms with Crippen molar-refractivity contribution >= 4 is 29.1 Å². The molecule has 0 bridgehead atoms. The smallest absolute Gasteiger partial charge is 0.240 e. The number of aliphatic hydroxyl groups is 1. The molecule has 0 saturated heterocycles. The largest absolute Gasteiger partial charge is 0.386 e. The monoisotopic (exact) mass is 313 g/mol. The van der Waals surface area contributed by atoms with Crippen molar-refractivity contribution in [2.24, 2.45) is 0 Å². The Balaban J connectivity index is 1.92. The number of aromatic nitrogens is 2. The Bertz CT molecular complexity index is 567. The van der Waals surface area contributed by atoms with Crippen molar-refractivity contribution in [2.45, 2.75) is 12.6 Å². The van der Waals surface area contributed by atoms with Crippen LogP contribution in [0.4, 0.5) is 0 Å². The zero-order chi connectivity index (χ0) is 14.5. The number of nitrogens with zero attached hydrogens (tertiary/aromatic N) is 2. The van der Waals surface area contributed by atoms with Gasteiger partial charge in [0.1, 0.15) is 6.54 Å². The molecule has 2 aromatic rings.